The summed E-state index contributed by atoms with van der Waals surface area (Å²) in [6, 6.07) is 3.00. The van der Waals surface area contributed by atoms with E-state index in [4.69, 9.17) is 16.2 Å². The molecule has 12 heavy (non-hydrogen) atoms. The van der Waals surface area contributed by atoms with Gasteiger partial charge in [0.25, 0.3) is 5.91 Å². The predicted molar refractivity (Wildman–Crippen MR) is 43.7 cm³/mol. The third kappa shape index (κ3) is 1.45. The third-order valence-corrected chi connectivity index (χ3v) is 1.36. The predicted octanol–water partition coefficient (Wildman–Crippen LogP) is -0.229. The number of primary amides is 1. The Balaban J connectivity index is 3.10. The van der Waals surface area contributed by atoms with Gasteiger partial charge in [0.1, 0.15) is 5.69 Å². The summed E-state index contributed by atoms with van der Waals surface area (Å²) in [5, 5.41) is 0. The first kappa shape index (κ1) is 8.32. The molecule has 0 aromatic carbocycles. The molecule has 0 unspecified atom stereocenters. The second kappa shape index (κ2) is 3.08. The summed E-state index contributed by atoms with van der Waals surface area (Å²) in [5.74, 6) is -0.0156. The molecular formula is C7H9N3O2. The van der Waals surface area contributed by atoms with E-state index in [9.17, 15) is 4.79 Å². The van der Waals surface area contributed by atoms with Crippen molar-refractivity contribution in [2.24, 2.45) is 5.73 Å². The van der Waals surface area contributed by atoms with E-state index in [0.29, 0.717) is 5.75 Å². The largest absolute Gasteiger partial charge is 0.493 e. The minimum absolute atomic E-state index is 0.133. The Morgan fingerprint density at radius 3 is 2.67 bits per heavy atom. The zero-order chi connectivity index (χ0) is 9.14. The van der Waals surface area contributed by atoms with Crippen LogP contribution < -0.4 is 16.2 Å². The summed E-state index contributed by atoms with van der Waals surface area (Å²) in [6.45, 7) is 0. The highest BCUT2D eigenvalue weighted by atomic mass is 16.5. The first-order valence-corrected chi connectivity index (χ1v) is 3.25. The highest BCUT2D eigenvalue weighted by Crippen LogP contribution is 2.17. The quantitative estimate of drug-likeness (QED) is 0.636. The normalized spacial score (nSPS) is 9.42. The van der Waals surface area contributed by atoms with Gasteiger partial charge >= 0.3 is 0 Å². The Morgan fingerprint density at radius 1 is 1.58 bits per heavy atom. The molecule has 0 aliphatic rings. The van der Waals surface area contributed by atoms with Gasteiger partial charge in [-0.2, -0.15) is 0 Å². The van der Waals surface area contributed by atoms with Gasteiger partial charge < -0.3 is 16.2 Å². The van der Waals surface area contributed by atoms with Gasteiger partial charge in [-0.3, -0.25) is 4.79 Å². The van der Waals surface area contributed by atoms with Crippen LogP contribution in [0, 0.1) is 0 Å². The number of rotatable bonds is 2. The summed E-state index contributed by atoms with van der Waals surface area (Å²) >= 11 is 0. The number of anilines is 1. The minimum atomic E-state index is -0.607. The van der Waals surface area contributed by atoms with Crippen molar-refractivity contribution in [3.63, 3.8) is 0 Å². The van der Waals surface area contributed by atoms with Crippen molar-refractivity contribution in [3.8, 4) is 5.75 Å². The maximum atomic E-state index is 10.6. The van der Waals surface area contributed by atoms with Gasteiger partial charge in [-0.15, -0.1) is 0 Å². The molecule has 64 valence electrons. The summed E-state index contributed by atoms with van der Waals surface area (Å²) < 4.78 is 4.84. The van der Waals surface area contributed by atoms with Crippen LogP contribution in [0.1, 0.15) is 10.5 Å². The van der Waals surface area contributed by atoms with E-state index in [2.05, 4.69) is 4.98 Å². The number of aromatic nitrogens is 1. The third-order valence-electron chi connectivity index (χ3n) is 1.36. The lowest BCUT2D eigenvalue weighted by molar-refractivity contribution is 0.0995. The number of amides is 1. The highest BCUT2D eigenvalue weighted by molar-refractivity contribution is 5.91. The van der Waals surface area contributed by atoms with Crippen molar-refractivity contribution in [2.45, 2.75) is 0 Å². The van der Waals surface area contributed by atoms with Crippen LogP contribution in [0.2, 0.25) is 0 Å². The molecule has 1 aromatic heterocycles. The Kier molecular flexibility index (Phi) is 2.14. The fourth-order valence-corrected chi connectivity index (χ4v) is 0.772. The molecule has 4 N–H and O–H groups in total. The molecule has 0 saturated carbocycles. The molecule has 0 bridgehead atoms. The highest BCUT2D eigenvalue weighted by Gasteiger charge is 2.05. The molecule has 0 atom stereocenters. The fraction of sp³-hybridized carbons (Fsp3) is 0.143. The van der Waals surface area contributed by atoms with Gasteiger partial charge in [-0.05, 0) is 12.1 Å². The Hall–Kier alpha value is -1.78. The molecule has 0 aliphatic heterocycles. The SMILES string of the molecule is COc1ccc(C(N)=O)nc1N. The fourth-order valence-electron chi connectivity index (χ4n) is 0.772. The van der Waals surface area contributed by atoms with E-state index in [1.807, 2.05) is 0 Å². The van der Waals surface area contributed by atoms with Crippen LogP contribution in [0.3, 0.4) is 0 Å². The van der Waals surface area contributed by atoms with Crippen LogP contribution in [0.15, 0.2) is 12.1 Å². The molecule has 1 amide bonds. The van der Waals surface area contributed by atoms with Gasteiger partial charge in [-0.25, -0.2) is 4.98 Å². The zero-order valence-electron chi connectivity index (χ0n) is 6.57. The van der Waals surface area contributed by atoms with Gasteiger partial charge in [0.05, 0.1) is 7.11 Å². The zero-order valence-corrected chi connectivity index (χ0v) is 6.57. The average molecular weight is 167 g/mol. The smallest absolute Gasteiger partial charge is 0.267 e. The monoisotopic (exact) mass is 167 g/mol. The van der Waals surface area contributed by atoms with E-state index in [-0.39, 0.29) is 11.5 Å². The molecule has 0 radical (unpaired) electrons. The van der Waals surface area contributed by atoms with Crippen LogP contribution in [-0.4, -0.2) is 18.0 Å². The second-order valence-corrected chi connectivity index (χ2v) is 2.15. The second-order valence-electron chi connectivity index (χ2n) is 2.15. The lowest BCUT2D eigenvalue weighted by atomic mass is 10.3. The maximum Gasteiger partial charge on any atom is 0.267 e. The van der Waals surface area contributed by atoms with Crippen molar-refractivity contribution < 1.29 is 9.53 Å². The number of nitrogen functional groups attached to an aromatic ring is 1. The number of carbonyl (C=O) groups is 1. The number of carbonyl (C=O) groups excluding carboxylic acids is 1. The van der Waals surface area contributed by atoms with E-state index < -0.39 is 5.91 Å². The summed E-state index contributed by atoms with van der Waals surface area (Å²) in [4.78, 5) is 14.3. The molecule has 5 nitrogen and oxygen atoms in total. The first-order chi connectivity index (χ1) is 5.65. The van der Waals surface area contributed by atoms with Gasteiger partial charge in [0.2, 0.25) is 0 Å². The molecule has 0 saturated heterocycles. The molecule has 5 heteroatoms. The molecule has 1 heterocycles. The molecule has 0 spiro atoms. The topological polar surface area (TPSA) is 91.2 Å². The molecule has 0 aliphatic carbocycles. The van der Waals surface area contributed by atoms with E-state index in [1.165, 1.54) is 13.2 Å². The Morgan fingerprint density at radius 2 is 2.25 bits per heavy atom. The lowest BCUT2D eigenvalue weighted by Gasteiger charge is -2.03. The minimum Gasteiger partial charge on any atom is -0.493 e. The van der Waals surface area contributed by atoms with E-state index >= 15 is 0 Å². The molecule has 0 fully saturated rings. The van der Waals surface area contributed by atoms with Gasteiger partial charge in [-0.1, -0.05) is 0 Å². The van der Waals surface area contributed by atoms with Crippen LogP contribution in [0.5, 0.6) is 5.75 Å². The maximum absolute atomic E-state index is 10.6. The number of methoxy groups -OCH3 is 1. The number of pyridine rings is 1. The van der Waals surface area contributed by atoms with Crippen LogP contribution in [0.4, 0.5) is 5.82 Å². The van der Waals surface area contributed by atoms with Crippen LogP contribution in [0.25, 0.3) is 0 Å². The van der Waals surface area contributed by atoms with Crippen molar-refractivity contribution in [2.75, 3.05) is 12.8 Å². The molecule has 1 aromatic rings. The van der Waals surface area contributed by atoms with Crippen LogP contribution in [-0.2, 0) is 0 Å². The Bertz CT molecular complexity index is 312. The van der Waals surface area contributed by atoms with Crippen molar-refractivity contribution in [1.82, 2.24) is 4.98 Å². The Labute approximate surface area is 69.3 Å². The summed E-state index contributed by atoms with van der Waals surface area (Å²) in [7, 11) is 1.47. The number of hydrogen-bond acceptors (Lipinski definition) is 4. The number of hydrogen-bond donors (Lipinski definition) is 2. The van der Waals surface area contributed by atoms with E-state index in [1.54, 1.807) is 6.07 Å². The first-order valence-electron chi connectivity index (χ1n) is 3.25. The van der Waals surface area contributed by atoms with E-state index in [0.717, 1.165) is 0 Å². The van der Waals surface area contributed by atoms with Crippen molar-refractivity contribution in [1.29, 1.82) is 0 Å². The standard InChI is InChI=1S/C7H9N3O2/c1-12-5-3-2-4(7(9)11)10-6(5)8/h2-3H,1H3,(H2,8,10)(H2,9,11). The average Bonchev–Trinajstić information content (AvgIpc) is 2.04. The molecular weight excluding hydrogens is 158 g/mol. The number of ether oxygens (including phenoxy) is 1. The summed E-state index contributed by atoms with van der Waals surface area (Å²) in [6.07, 6.45) is 0. The summed E-state index contributed by atoms with van der Waals surface area (Å²) in [5.41, 5.74) is 10.5. The van der Waals surface area contributed by atoms with Gasteiger partial charge in [0, 0.05) is 0 Å². The van der Waals surface area contributed by atoms with Crippen molar-refractivity contribution in [3.05, 3.63) is 17.8 Å². The molecule has 1 rings (SSSR count). The number of nitrogens with zero attached hydrogens (tertiary/aromatic N) is 1. The lowest BCUT2D eigenvalue weighted by Crippen LogP contribution is -2.13. The van der Waals surface area contributed by atoms with Crippen molar-refractivity contribution >= 4 is 11.7 Å². The van der Waals surface area contributed by atoms with Gasteiger partial charge in [0.15, 0.2) is 11.6 Å². The van der Waals surface area contributed by atoms with Crippen LogP contribution >= 0.6 is 0 Å². The number of nitrogens with two attached hydrogens (primary N) is 2.